The Morgan fingerprint density at radius 2 is 2.00 bits per heavy atom. The van der Waals surface area contributed by atoms with Crippen LogP contribution < -0.4 is 16.4 Å². The smallest absolute Gasteiger partial charge is 0.250 e. The Morgan fingerprint density at radius 3 is 2.43 bits per heavy atom. The van der Waals surface area contributed by atoms with Gasteiger partial charge in [0.15, 0.2) is 0 Å². The van der Waals surface area contributed by atoms with Crippen molar-refractivity contribution in [2.24, 2.45) is 11.5 Å². The van der Waals surface area contributed by atoms with Crippen LogP contribution in [0.25, 0.3) is 0 Å². The summed E-state index contributed by atoms with van der Waals surface area (Å²) in [5.41, 5.74) is 11.4. The van der Waals surface area contributed by atoms with Crippen LogP contribution in [-0.4, -0.2) is 53.0 Å². The average molecular weight is 307 g/mol. The van der Waals surface area contributed by atoms with E-state index in [9.17, 15) is 4.79 Å². The van der Waals surface area contributed by atoms with Crippen molar-refractivity contribution in [3.8, 4) is 0 Å². The molecule has 1 aromatic rings. The molecule has 1 aliphatic rings. The van der Waals surface area contributed by atoms with E-state index in [1.54, 1.807) is 6.07 Å². The quantitative estimate of drug-likeness (QED) is 0.764. The largest absolute Gasteiger partial charge is 0.392 e. The number of pyridine rings is 1. The van der Waals surface area contributed by atoms with Crippen LogP contribution in [0, 0.1) is 0 Å². The molecule has 1 fully saturated rings. The highest BCUT2D eigenvalue weighted by Crippen LogP contribution is 2.16. The lowest BCUT2D eigenvalue weighted by Crippen LogP contribution is -2.53. The highest BCUT2D eigenvalue weighted by atomic mass is 32.1. The van der Waals surface area contributed by atoms with E-state index in [4.69, 9.17) is 23.7 Å². The highest BCUT2D eigenvalue weighted by Gasteiger charge is 2.24. The number of rotatable bonds is 5. The van der Waals surface area contributed by atoms with E-state index in [0.717, 1.165) is 38.4 Å². The molecule has 6 nitrogen and oxygen atoms in total. The van der Waals surface area contributed by atoms with Crippen LogP contribution in [0.5, 0.6) is 0 Å². The van der Waals surface area contributed by atoms with Gasteiger partial charge in [0.25, 0.3) is 0 Å². The number of nitrogens with two attached hydrogens (primary N) is 2. The first-order chi connectivity index (χ1) is 10.0. The molecule has 7 heteroatoms. The molecule has 0 bridgehead atoms. The van der Waals surface area contributed by atoms with Crippen molar-refractivity contribution in [1.82, 2.24) is 9.88 Å². The lowest BCUT2D eigenvalue weighted by Gasteiger charge is -2.39. The van der Waals surface area contributed by atoms with E-state index in [2.05, 4.69) is 21.7 Å². The van der Waals surface area contributed by atoms with E-state index in [1.807, 2.05) is 6.07 Å². The van der Waals surface area contributed by atoms with E-state index in [0.29, 0.717) is 10.6 Å². The van der Waals surface area contributed by atoms with Crippen molar-refractivity contribution in [3.63, 3.8) is 0 Å². The van der Waals surface area contributed by atoms with Gasteiger partial charge in [-0.15, -0.1) is 0 Å². The third-order valence-corrected chi connectivity index (χ3v) is 4.10. The number of primary amides is 1. The molecular formula is C14H21N5OS. The summed E-state index contributed by atoms with van der Waals surface area (Å²) < 4.78 is 0. The van der Waals surface area contributed by atoms with Crippen molar-refractivity contribution in [1.29, 1.82) is 0 Å². The van der Waals surface area contributed by atoms with E-state index >= 15 is 0 Å². The first-order valence-corrected chi connectivity index (χ1v) is 7.48. The molecule has 0 radical (unpaired) electrons. The van der Waals surface area contributed by atoms with E-state index in [1.165, 1.54) is 6.20 Å². The number of aromatic nitrogens is 1. The zero-order valence-electron chi connectivity index (χ0n) is 12.2. The molecule has 2 heterocycles. The van der Waals surface area contributed by atoms with Gasteiger partial charge in [-0.3, -0.25) is 9.69 Å². The van der Waals surface area contributed by atoms with Crippen LogP contribution in [0.4, 0.5) is 5.82 Å². The molecular weight excluding hydrogens is 286 g/mol. The van der Waals surface area contributed by atoms with Crippen molar-refractivity contribution < 1.29 is 4.79 Å². The van der Waals surface area contributed by atoms with Crippen molar-refractivity contribution in [2.75, 3.05) is 31.1 Å². The highest BCUT2D eigenvalue weighted by molar-refractivity contribution is 7.80. The molecule has 0 spiro atoms. The molecule has 21 heavy (non-hydrogen) atoms. The van der Waals surface area contributed by atoms with Gasteiger partial charge in [-0.1, -0.05) is 19.1 Å². The number of anilines is 1. The maximum atomic E-state index is 11.0. The van der Waals surface area contributed by atoms with Gasteiger partial charge in [0.2, 0.25) is 5.91 Å². The van der Waals surface area contributed by atoms with Crippen LogP contribution in [0.15, 0.2) is 18.3 Å². The van der Waals surface area contributed by atoms with Gasteiger partial charge in [-0.05, 0) is 18.6 Å². The Morgan fingerprint density at radius 1 is 1.33 bits per heavy atom. The van der Waals surface area contributed by atoms with E-state index in [-0.39, 0.29) is 6.04 Å². The second-order valence-electron chi connectivity index (χ2n) is 5.12. The fraction of sp³-hybridized carbons (Fsp3) is 0.500. The first-order valence-electron chi connectivity index (χ1n) is 7.07. The first kappa shape index (κ1) is 15.7. The molecule has 114 valence electrons. The Labute approximate surface area is 130 Å². The standard InChI is InChI=1S/C14H21N5OS/c1-2-11(14(16)21)18-5-7-19(8-6-18)12-4-3-10(9-17-12)13(15)20/h3-4,9,11H,2,5-8H2,1H3,(H2,15,20)(H2,16,21). The van der Waals surface area contributed by atoms with Gasteiger partial charge >= 0.3 is 0 Å². The monoisotopic (exact) mass is 307 g/mol. The normalized spacial score (nSPS) is 17.5. The molecule has 1 amide bonds. The Balaban J connectivity index is 1.97. The van der Waals surface area contributed by atoms with Crippen LogP contribution in [0.3, 0.4) is 0 Å². The van der Waals surface area contributed by atoms with Gasteiger partial charge in [-0.2, -0.15) is 0 Å². The van der Waals surface area contributed by atoms with Crippen molar-refractivity contribution in [3.05, 3.63) is 23.9 Å². The number of thiocarbonyl (C=S) groups is 1. The summed E-state index contributed by atoms with van der Waals surface area (Å²) in [5, 5.41) is 0. The predicted molar refractivity (Wildman–Crippen MR) is 87.4 cm³/mol. The van der Waals surface area contributed by atoms with Gasteiger partial charge in [0, 0.05) is 32.4 Å². The number of piperazine rings is 1. The summed E-state index contributed by atoms with van der Waals surface area (Å²) in [6.45, 7) is 5.62. The third kappa shape index (κ3) is 3.68. The lowest BCUT2D eigenvalue weighted by atomic mass is 10.1. The van der Waals surface area contributed by atoms with Gasteiger partial charge < -0.3 is 16.4 Å². The third-order valence-electron chi connectivity index (χ3n) is 3.83. The van der Waals surface area contributed by atoms with Crippen LogP contribution in [0.1, 0.15) is 23.7 Å². The minimum atomic E-state index is -0.457. The fourth-order valence-electron chi connectivity index (χ4n) is 2.62. The minimum absolute atomic E-state index is 0.173. The molecule has 1 atom stereocenters. The summed E-state index contributed by atoms with van der Waals surface area (Å²) in [4.78, 5) is 20.4. The summed E-state index contributed by atoms with van der Waals surface area (Å²) in [7, 11) is 0. The summed E-state index contributed by atoms with van der Waals surface area (Å²) in [6, 6.07) is 3.72. The van der Waals surface area contributed by atoms with Crippen LogP contribution in [0.2, 0.25) is 0 Å². The molecule has 0 aromatic carbocycles. The second kappa shape index (κ2) is 6.82. The fourth-order valence-corrected chi connectivity index (χ4v) is 2.94. The van der Waals surface area contributed by atoms with Crippen LogP contribution >= 0.6 is 12.2 Å². The molecule has 1 aromatic heterocycles. The van der Waals surface area contributed by atoms with E-state index < -0.39 is 5.91 Å². The minimum Gasteiger partial charge on any atom is -0.392 e. The number of nitrogens with zero attached hydrogens (tertiary/aromatic N) is 3. The van der Waals surface area contributed by atoms with Crippen molar-refractivity contribution >= 4 is 28.9 Å². The topological polar surface area (TPSA) is 88.5 Å². The summed E-state index contributed by atoms with van der Waals surface area (Å²) >= 11 is 5.12. The molecule has 0 saturated carbocycles. The molecule has 2 rings (SSSR count). The Hall–Kier alpha value is -1.73. The molecule has 1 aliphatic heterocycles. The molecule has 1 unspecified atom stereocenters. The lowest BCUT2D eigenvalue weighted by molar-refractivity contribution is 0.1000. The second-order valence-corrected chi connectivity index (χ2v) is 5.59. The SMILES string of the molecule is CCC(C(N)=S)N1CCN(c2ccc(C(N)=O)cn2)CC1. The maximum absolute atomic E-state index is 11.0. The number of hydrogen-bond acceptors (Lipinski definition) is 5. The van der Waals surface area contributed by atoms with Crippen molar-refractivity contribution in [2.45, 2.75) is 19.4 Å². The summed E-state index contributed by atoms with van der Waals surface area (Å²) in [5.74, 6) is 0.407. The summed E-state index contributed by atoms with van der Waals surface area (Å²) in [6.07, 6.45) is 2.45. The number of carbonyl (C=O) groups excluding carboxylic acids is 1. The van der Waals surface area contributed by atoms with Gasteiger partial charge in [0.05, 0.1) is 16.6 Å². The van der Waals surface area contributed by atoms with Gasteiger partial charge in [0.1, 0.15) is 5.82 Å². The maximum Gasteiger partial charge on any atom is 0.250 e. The molecule has 1 saturated heterocycles. The zero-order chi connectivity index (χ0) is 15.4. The Bertz CT molecular complexity index is 511. The number of carbonyl (C=O) groups is 1. The average Bonchev–Trinajstić information content (AvgIpc) is 2.48. The number of amides is 1. The van der Waals surface area contributed by atoms with Crippen LogP contribution in [-0.2, 0) is 0 Å². The zero-order valence-corrected chi connectivity index (χ0v) is 13.0. The predicted octanol–water partition coefficient (Wildman–Crippen LogP) is 0.367. The molecule has 0 aliphatic carbocycles. The Kier molecular flexibility index (Phi) is 5.08. The molecule has 4 N–H and O–H groups in total. The van der Waals surface area contributed by atoms with Gasteiger partial charge in [-0.25, -0.2) is 4.98 Å². The number of hydrogen-bond donors (Lipinski definition) is 2.